The monoisotopic (exact) mass is 271 g/mol. The number of carbonyl (C=O) groups excluding carboxylic acids is 1. The van der Waals surface area contributed by atoms with Gasteiger partial charge in [-0.3, -0.25) is 4.79 Å². The van der Waals surface area contributed by atoms with Crippen molar-refractivity contribution in [1.82, 2.24) is 10.3 Å². The van der Waals surface area contributed by atoms with Gasteiger partial charge in [0.1, 0.15) is 6.26 Å². The molecule has 1 aromatic heterocycles. The summed E-state index contributed by atoms with van der Waals surface area (Å²) in [4.78, 5) is 16.3. The van der Waals surface area contributed by atoms with E-state index in [9.17, 15) is 4.79 Å². The number of carbonyl (C=O) groups is 1. The molecule has 5 heteroatoms. The summed E-state index contributed by atoms with van der Waals surface area (Å²) in [7, 11) is 0. The van der Waals surface area contributed by atoms with E-state index in [4.69, 9.17) is 10.2 Å². The van der Waals surface area contributed by atoms with E-state index in [-0.39, 0.29) is 11.9 Å². The molecule has 1 heterocycles. The second-order valence-electron chi connectivity index (χ2n) is 5.06. The van der Waals surface area contributed by atoms with Gasteiger partial charge in [-0.15, -0.1) is 0 Å². The van der Waals surface area contributed by atoms with Crippen molar-refractivity contribution in [1.29, 1.82) is 0 Å². The fourth-order valence-electron chi connectivity index (χ4n) is 2.20. The quantitative estimate of drug-likeness (QED) is 0.869. The third-order valence-electron chi connectivity index (χ3n) is 3.52. The Morgan fingerprint density at radius 3 is 2.80 bits per heavy atom. The van der Waals surface area contributed by atoms with E-state index in [0.29, 0.717) is 24.0 Å². The first-order chi connectivity index (χ1) is 9.78. The van der Waals surface area contributed by atoms with Gasteiger partial charge in [0.25, 0.3) is 5.91 Å². The number of nitrogens with two attached hydrogens (primary N) is 1. The van der Waals surface area contributed by atoms with Crippen molar-refractivity contribution < 1.29 is 9.21 Å². The van der Waals surface area contributed by atoms with Crippen LogP contribution in [0.5, 0.6) is 0 Å². The van der Waals surface area contributed by atoms with Crippen LogP contribution in [0.3, 0.4) is 0 Å². The van der Waals surface area contributed by atoms with Gasteiger partial charge in [0.2, 0.25) is 5.89 Å². The number of oxazole rings is 1. The number of rotatable bonds is 5. The molecule has 1 saturated carbocycles. The van der Waals surface area contributed by atoms with Crippen LogP contribution in [0.15, 0.2) is 41.0 Å². The maximum atomic E-state index is 12.1. The van der Waals surface area contributed by atoms with Crippen LogP contribution in [-0.4, -0.2) is 23.5 Å². The summed E-state index contributed by atoms with van der Waals surface area (Å²) in [5, 5.41) is 2.92. The average molecular weight is 271 g/mol. The van der Waals surface area contributed by atoms with Crippen LogP contribution < -0.4 is 11.1 Å². The molecule has 1 aromatic carbocycles. The standard InChI is InChI=1S/C15H17N3O2/c16-8-12(10-6-7-10)17-14(19)13-9-20-15(18-13)11-4-2-1-3-5-11/h1-5,9-10,12H,6-8,16H2,(H,17,19). The van der Waals surface area contributed by atoms with Gasteiger partial charge >= 0.3 is 0 Å². The lowest BCUT2D eigenvalue weighted by Gasteiger charge is -2.14. The molecule has 1 fully saturated rings. The fraction of sp³-hybridized carbons (Fsp3) is 0.333. The minimum atomic E-state index is -0.224. The summed E-state index contributed by atoms with van der Waals surface area (Å²) in [6.45, 7) is 0.458. The topological polar surface area (TPSA) is 81.1 Å². The molecular weight excluding hydrogens is 254 g/mol. The van der Waals surface area contributed by atoms with Crippen molar-refractivity contribution in [2.75, 3.05) is 6.54 Å². The van der Waals surface area contributed by atoms with E-state index in [2.05, 4.69) is 10.3 Å². The maximum Gasteiger partial charge on any atom is 0.273 e. The molecule has 1 amide bonds. The third-order valence-corrected chi connectivity index (χ3v) is 3.52. The largest absolute Gasteiger partial charge is 0.444 e. The van der Waals surface area contributed by atoms with E-state index in [0.717, 1.165) is 18.4 Å². The van der Waals surface area contributed by atoms with Gasteiger partial charge in [0.15, 0.2) is 5.69 Å². The highest BCUT2D eigenvalue weighted by molar-refractivity contribution is 5.92. The second-order valence-corrected chi connectivity index (χ2v) is 5.06. The Balaban J connectivity index is 1.71. The van der Waals surface area contributed by atoms with Gasteiger partial charge in [-0.05, 0) is 30.9 Å². The van der Waals surface area contributed by atoms with E-state index in [1.54, 1.807) is 0 Å². The highest BCUT2D eigenvalue weighted by Crippen LogP contribution is 2.32. The summed E-state index contributed by atoms with van der Waals surface area (Å²) in [6.07, 6.45) is 3.66. The molecule has 3 N–H and O–H groups in total. The minimum absolute atomic E-state index is 0.0411. The zero-order valence-electron chi connectivity index (χ0n) is 11.1. The van der Waals surface area contributed by atoms with Crippen molar-refractivity contribution in [3.05, 3.63) is 42.3 Å². The number of amides is 1. The van der Waals surface area contributed by atoms with Crippen LogP contribution in [0.1, 0.15) is 23.3 Å². The van der Waals surface area contributed by atoms with Crippen molar-refractivity contribution in [3.8, 4) is 11.5 Å². The zero-order chi connectivity index (χ0) is 13.9. The first kappa shape index (κ1) is 12.9. The highest BCUT2D eigenvalue weighted by atomic mass is 16.3. The van der Waals surface area contributed by atoms with Crippen molar-refractivity contribution in [2.45, 2.75) is 18.9 Å². The summed E-state index contributed by atoms with van der Waals surface area (Å²) < 4.78 is 5.36. The number of aromatic nitrogens is 1. The number of benzene rings is 1. The molecule has 0 bridgehead atoms. The molecule has 1 atom stereocenters. The lowest BCUT2D eigenvalue weighted by atomic mass is 10.2. The molecule has 5 nitrogen and oxygen atoms in total. The Morgan fingerprint density at radius 2 is 2.15 bits per heavy atom. The molecule has 0 saturated heterocycles. The number of nitrogens with one attached hydrogen (secondary N) is 1. The van der Waals surface area contributed by atoms with Gasteiger partial charge in [-0.1, -0.05) is 18.2 Å². The van der Waals surface area contributed by atoms with E-state index in [1.165, 1.54) is 6.26 Å². The SMILES string of the molecule is NCC(NC(=O)c1coc(-c2ccccc2)n1)C1CC1. The third kappa shape index (κ3) is 2.72. The zero-order valence-corrected chi connectivity index (χ0v) is 11.1. The number of hydrogen-bond donors (Lipinski definition) is 2. The molecule has 2 aromatic rings. The summed E-state index contributed by atoms with van der Waals surface area (Å²) >= 11 is 0. The molecule has 0 spiro atoms. The van der Waals surface area contributed by atoms with Gasteiger partial charge in [-0.25, -0.2) is 4.98 Å². The van der Waals surface area contributed by atoms with Gasteiger partial charge in [0, 0.05) is 18.2 Å². The summed E-state index contributed by atoms with van der Waals surface area (Å²) in [5.41, 5.74) is 6.82. The normalized spacial score (nSPS) is 15.8. The van der Waals surface area contributed by atoms with E-state index < -0.39 is 0 Å². The van der Waals surface area contributed by atoms with Crippen LogP contribution in [0.25, 0.3) is 11.5 Å². The second kappa shape index (κ2) is 5.46. The maximum absolute atomic E-state index is 12.1. The van der Waals surface area contributed by atoms with E-state index in [1.807, 2.05) is 30.3 Å². The lowest BCUT2D eigenvalue weighted by Crippen LogP contribution is -2.41. The molecule has 0 aliphatic heterocycles. The molecule has 1 unspecified atom stereocenters. The van der Waals surface area contributed by atoms with Gasteiger partial charge in [-0.2, -0.15) is 0 Å². The Kier molecular flexibility index (Phi) is 3.52. The number of hydrogen-bond acceptors (Lipinski definition) is 4. The molecule has 3 rings (SSSR count). The molecular formula is C15H17N3O2. The fourth-order valence-corrected chi connectivity index (χ4v) is 2.20. The van der Waals surface area contributed by atoms with Crippen LogP contribution in [0, 0.1) is 5.92 Å². The lowest BCUT2D eigenvalue weighted by molar-refractivity contribution is 0.0928. The Bertz CT molecular complexity index is 590. The predicted molar refractivity (Wildman–Crippen MR) is 75.0 cm³/mol. The molecule has 104 valence electrons. The summed E-state index contributed by atoms with van der Waals surface area (Å²) in [6, 6.07) is 9.54. The predicted octanol–water partition coefficient (Wildman–Crippen LogP) is 1.81. The molecule has 1 aliphatic rings. The van der Waals surface area contributed by atoms with Gasteiger partial charge in [0.05, 0.1) is 0 Å². The molecule has 1 aliphatic carbocycles. The first-order valence-electron chi connectivity index (χ1n) is 6.80. The van der Waals surface area contributed by atoms with Crippen LogP contribution >= 0.6 is 0 Å². The van der Waals surface area contributed by atoms with Crippen molar-refractivity contribution in [3.63, 3.8) is 0 Å². The Hall–Kier alpha value is -2.14. The van der Waals surface area contributed by atoms with Crippen molar-refractivity contribution in [2.24, 2.45) is 11.7 Å². The van der Waals surface area contributed by atoms with Crippen LogP contribution in [-0.2, 0) is 0 Å². The van der Waals surface area contributed by atoms with E-state index >= 15 is 0 Å². The Morgan fingerprint density at radius 1 is 1.40 bits per heavy atom. The average Bonchev–Trinajstić information content (AvgIpc) is 3.21. The highest BCUT2D eigenvalue weighted by Gasteiger charge is 2.31. The Labute approximate surface area is 117 Å². The van der Waals surface area contributed by atoms with Crippen molar-refractivity contribution >= 4 is 5.91 Å². The smallest absolute Gasteiger partial charge is 0.273 e. The molecule has 20 heavy (non-hydrogen) atoms. The minimum Gasteiger partial charge on any atom is -0.444 e. The first-order valence-corrected chi connectivity index (χ1v) is 6.80. The van der Waals surface area contributed by atoms with Crippen LogP contribution in [0.4, 0.5) is 0 Å². The van der Waals surface area contributed by atoms with Crippen LogP contribution in [0.2, 0.25) is 0 Å². The molecule has 0 radical (unpaired) electrons. The summed E-state index contributed by atoms with van der Waals surface area (Å²) in [5.74, 6) is 0.745. The number of nitrogens with zero attached hydrogens (tertiary/aromatic N) is 1. The van der Waals surface area contributed by atoms with Gasteiger partial charge < -0.3 is 15.5 Å².